The Morgan fingerprint density at radius 3 is 1.42 bits per heavy atom. The maximum absolute atomic E-state index is 10.4. The van der Waals surface area contributed by atoms with Crippen LogP contribution in [0.25, 0.3) is 23.2 Å². The van der Waals surface area contributed by atoms with E-state index in [1.54, 1.807) is 12.2 Å². The summed E-state index contributed by atoms with van der Waals surface area (Å²) in [6.45, 7) is 12.4. The summed E-state index contributed by atoms with van der Waals surface area (Å²) >= 11 is 0. The number of nitrogens with zero attached hydrogens (tertiary/aromatic N) is 2. The SMILES string of the molecule is CC(C)(C)CC(O)=Cc1nc2ccccc2nc1C=C(O)CC(C)(C)C. The zero-order chi connectivity index (χ0) is 19.5. The molecule has 0 spiro atoms. The highest BCUT2D eigenvalue weighted by molar-refractivity contribution is 5.78. The molecule has 0 atom stereocenters. The van der Waals surface area contributed by atoms with E-state index in [1.807, 2.05) is 24.3 Å². The van der Waals surface area contributed by atoms with Gasteiger partial charge in [-0.3, -0.25) is 0 Å². The first-order valence-electron chi connectivity index (χ1n) is 8.99. The fourth-order valence-electron chi connectivity index (χ4n) is 2.74. The van der Waals surface area contributed by atoms with Crippen LogP contribution < -0.4 is 0 Å². The Hall–Kier alpha value is -2.36. The van der Waals surface area contributed by atoms with Crippen LogP contribution in [0.1, 0.15) is 65.8 Å². The van der Waals surface area contributed by atoms with Crippen LogP contribution in [0.4, 0.5) is 0 Å². The van der Waals surface area contributed by atoms with E-state index in [2.05, 4.69) is 51.5 Å². The first-order chi connectivity index (χ1) is 11.9. The summed E-state index contributed by atoms with van der Waals surface area (Å²) in [6, 6.07) is 7.60. The topological polar surface area (TPSA) is 66.2 Å². The van der Waals surface area contributed by atoms with Crippen LogP contribution in [-0.2, 0) is 0 Å². The maximum Gasteiger partial charge on any atom is 0.0950 e. The molecule has 0 radical (unpaired) electrons. The summed E-state index contributed by atoms with van der Waals surface area (Å²) in [5.74, 6) is 0.513. The molecule has 2 N–H and O–H groups in total. The highest BCUT2D eigenvalue weighted by Gasteiger charge is 2.16. The average Bonchev–Trinajstić information content (AvgIpc) is 2.43. The summed E-state index contributed by atoms with van der Waals surface area (Å²) < 4.78 is 0. The van der Waals surface area contributed by atoms with Crippen LogP contribution in [-0.4, -0.2) is 20.2 Å². The highest BCUT2D eigenvalue weighted by atomic mass is 16.3. The van der Waals surface area contributed by atoms with Gasteiger partial charge in [0, 0.05) is 25.0 Å². The number of aliphatic hydroxyl groups is 2. The van der Waals surface area contributed by atoms with Gasteiger partial charge >= 0.3 is 0 Å². The van der Waals surface area contributed by atoms with Crippen molar-refractivity contribution in [3.05, 3.63) is 47.2 Å². The molecular formula is C22H30N2O2. The lowest BCUT2D eigenvalue weighted by molar-refractivity contribution is 0.307. The third-order valence-corrected chi connectivity index (χ3v) is 3.66. The largest absolute Gasteiger partial charge is 0.512 e. The molecule has 0 saturated carbocycles. The molecule has 2 rings (SSSR count). The molecule has 1 aromatic carbocycles. The van der Waals surface area contributed by atoms with Gasteiger partial charge in [0.2, 0.25) is 0 Å². The van der Waals surface area contributed by atoms with Gasteiger partial charge < -0.3 is 10.2 Å². The molecule has 0 bridgehead atoms. The zero-order valence-electron chi connectivity index (χ0n) is 16.7. The first-order valence-corrected chi connectivity index (χ1v) is 8.99. The molecular weight excluding hydrogens is 324 g/mol. The fraction of sp³-hybridized carbons (Fsp3) is 0.455. The Kier molecular flexibility index (Phi) is 5.74. The first kappa shape index (κ1) is 20.0. The van der Waals surface area contributed by atoms with Gasteiger partial charge in [-0.2, -0.15) is 0 Å². The predicted molar refractivity (Wildman–Crippen MR) is 109 cm³/mol. The van der Waals surface area contributed by atoms with Crippen molar-refractivity contribution in [2.24, 2.45) is 10.8 Å². The van der Waals surface area contributed by atoms with Crippen LogP contribution in [0.3, 0.4) is 0 Å². The van der Waals surface area contributed by atoms with Crippen molar-refractivity contribution < 1.29 is 10.2 Å². The number of hydrogen-bond donors (Lipinski definition) is 2. The minimum Gasteiger partial charge on any atom is -0.512 e. The smallest absolute Gasteiger partial charge is 0.0950 e. The lowest BCUT2D eigenvalue weighted by Crippen LogP contribution is -2.07. The molecule has 0 aliphatic carbocycles. The summed E-state index contributed by atoms with van der Waals surface area (Å²) in [7, 11) is 0. The monoisotopic (exact) mass is 354 g/mol. The van der Waals surface area contributed by atoms with Gasteiger partial charge in [-0.05, 0) is 23.0 Å². The second kappa shape index (κ2) is 7.48. The maximum atomic E-state index is 10.4. The number of aliphatic hydroxyl groups excluding tert-OH is 2. The molecule has 0 unspecified atom stereocenters. The minimum atomic E-state index is -0.0325. The molecule has 26 heavy (non-hydrogen) atoms. The van der Waals surface area contributed by atoms with Crippen LogP contribution in [0, 0.1) is 10.8 Å². The third kappa shape index (κ3) is 6.17. The van der Waals surface area contributed by atoms with Crippen LogP contribution >= 0.6 is 0 Å². The molecule has 0 aliphatic rings. The fourth-order valence-corrected chi connectivity index (χ4v) is 2.74. The molecule has 0 fully saturated rings. The van der Waals surface area contributed by atoms with Crippen LogP contribution in [0.2, 0.25) is 0 Å². The molecule has 1 aromatic heterocycles. The normalized spacial score (nSPS) is 14.1. The second-order valence-corrected chi connectivity index (χ2v) is 9.23. The zero-order valence-corrected chi connectivity index (χ0v) is 16.7. The summed E-state index contributed by atoms with van der Waals surface area (Å²) in [5.41, 5.74) is 2.58. The Morgan fingerprint density at radius 1 is 0.769 bits per heavy atom. The van der Waals surface area contributed by atoms with E-state index in [-0.39, 0.29) is 22.3 Å². The Balaban J connectivity index is 2.52. The van der Waals surface area contributed by atoms with E-state index in [0.717, 1.165) is 11.0 Å². The Morgan fingerprint density at radius 2 is 1.12 bits per heavy atom. The summed E-state index contributed by atoms with van der Waals surface area (Å²) in [6.07, 6.45) is 4.39. The van der Waals surface area contributed by atoms with E-state index in [0.29, 0.717) is 24.2 Å². The van der Waals surface area contributed by atoms with Crippen molar-refractivity contribution in [1.82, 2.24) is 9.97 Å². The van der Waals surface area contributed by atoms with Gasteiger partial charge in [0.1, 0.15) is 0 Å². The van der Waals surface area contributed by atoms with E-state index in [1.165, 1.54) is 0 Å². The van der Waals surface area contributed by atoms with E-state index < -0.39 is 0 Å². The van der Waals surface area contributed by atoms with Gasteiger partial charge in [0.15, 0.2) is 0 Å². The standard InChI is InChI=1S/C22H30N2O2/c1-21(2,3)13-15(25)11-19-20(12-16(26)14-22(4,5)6)24-18-10-8-7-9-17(18)23-19/h7-12,25-26H,13-14H2,1-6H3. The molecule has 0 aliphatic heterocycles. The van der Waals surface area contributed by atoms with Crippen molar-refractivity contribution in [2.75, 3.05) is 0 Å². The van der Waals surface area contributed by atoms with Crippen molar-refractivity contribution in [2.45, 2.75) is 54.4 Å². The van der Waals surface area contributed by atoms with Gasteiger partial charge in [-0.15, -0.1) is 0 Å². The number of benzene rings is 1. The van der Waals surface area contributed by atoms with E-state index in [9.17, 15) is 10.2 Å². The molecule has 2 aromatic rings. The minimum absolute atomic E-state index is 0.0325. The molecule has 140 valence electrons. The van der Waals surface area contributed by atoms with Crippen molar-refractivity contribution in [1.29, 1.82) is 0 Å². The lowest BCUT2D eigenvalue weighted by Gasteiger charge is -2.18. The van der Waals surface area contributed by atoms with E-state index >= 15 is 0 Å². The molecule has 1 heterocycles. The molecule has 4 heteroatoms. The molecule has 0 amide bonds. The van der Waals surface area contributed by atoms with Gasteiger partial charge in [0.25, 0.3) is 0 Å². The number of fused-ring (bicyclic) bond motifs is 1. The van der Waals surface area contributed by atoms with Gasteiger partial charge in [-0.1, -0.05) is 53.7 Å². The van der Waals surface area contributed by atoms with Crippen LogP contribution in [0.15, 0.2) is 35.8 Å². The quantitative estimate of drug-likeness (QED) is 0.632. The third-order valence-electron chi connectivity index (χ3n) is 3.66. The molecule has 4 nitrogen and oxygen atoms in total. The Bertz CT molecular complexity index is 767. The number of rotatable bonds is 4. The van der Waals surface area contributed by atoms with Gasteiger partial charge in [-0.25, -0.2) is 9.97 Å². The van der Waals surface area contributed by atoms with Crippen LogP contribution in [0.5, 0.6) is 0 Å². The predicted octanol–water partition coefficient (Wildman–Crippen LogP) is 6.30. The number of allylic oxidation sites excluding steroid dienone is 2. The number of hydrogen-bond acceptors (Lipinski definition) is 4. The summed E-state index contributed by atoms with van der Waals surface area (Å²) in [5, 5.41) is 20.7. The summed E-state index contributed by atoms with van der Waals surface area (Å²) in [4.78, 5) is 9.28. The Labute approximate surface area is 156 Å². The average molecular weight is 354 g/mol. The number of aromatic nitrogens is 2. The van der Waals surface area contributed by atoms with E-state index in [4.69, 9.17) is 0 Å². The lowest BCUT2D eigenvalue weighted by atomic mass is 9.90. The van der Waals surface area contributed by atoms with Gasteiger partial charge in [0.05, 0.1) is 33.9 Å². The molecule has 0 saturated heterocycles. The van der Waals surface area contributed by atoms with Crippen molar-refractivity contribution in [3.63, 3.8) is 0 Å². The highest BCUT2D eigenvalue weighted by Crippen LogP contribution is 2.27. The van der Waals surface area contributed by atoms with Crippen molar-refractivity contribution in [3.8, 4) is 0 Å². The second-order valence-electron chi connectivity index (χ2n) is 9.23. The van der Waals surface area contributed by atoms with Crippen molar-refractivity contribution >= 4 is 23.2 Å². The number of para-hydroxylation sites is 2.